The minimum atomic E-state index is -0.689. The van der Waals surface area contributed by atoms with Crippen molar-refractivity contribution in [1.82, 2.24) is 4.90 Å². The zero-order chi connectivity index (χ0) is 22.4. The first-order chi connectivity index (χ1) is 14.8. The molecule has 0 aliphatic carbocycles. The number of esters is 1. The molecule has 3 rings (SSSR count). The summed E-state index contributed by atoms with van der Waals surface area (Å²) in [6, 6.07) is 14.4. The summed E-state index contributed by atoms with van der Waals surface area (Å²) in [5.41, 5.74) is 1.52. The number of nitro benzene ring substituents is 1. The highest BCUT2D eigenvalue weighted by atomic mass is 32.2. The molecule has 1 N–H and O–H groups in total. The fraction of sp³-hybridized carbons (Fsp3) is 0.364. The molecule has 31 heavy (non-hydrogen) atoms. The first-order valence-electron chi connectivity index (χ1n) is 10.0. The van der Waals surface area contributed by atoms with Crippen molar-refractivity contribution < 1.29 is 19.2 Å². The van der Waals surface area contributed by atoms with Crippen LogP contribution in [0.1, 0.15) is 25.8 Å². The lowest BCUT2D eigenvalue weighted by Gasteiger charge is -2.29. The summed E-state index contributed by atoms with van der Waals surface area (Å²) in [6.07, 6.45) is 1.18. The first kappa shape index (κ1) is 22.6. The van der Waals surface area contributed by atoms with Crippen LogP contribution in [0.3, 0.4) is 0 Å². The molecule has 1 fully saturated rings. The van der Waals surface area contributed by atoms with Crippen molar-refractivity contribution in [2.45, 2.75) is 44.2 Å². The summed E-state index contributed by atoms with van der Waals surface area (Å²) in [7, 11) is 0. The molecule has 0 saturated carbocycles. The smallest absolute Gasteiger partial charge is 0.330 e. The number of ether oxygens (including phenoxy) is 1. The third kappa shape index (κ3) is 5.97. The van der Waals surface area contributed by atoms with Gasteiger partial charge < -0.3 is 10.1 Å². The minimum absolute atomic E-state index is 0.0612. The lowest BCUT2D eigenvalue weighted by Crippen LogP contribution is -2.48. The topological polar surface area (TPSA) is 102 Å². The number of amides is 2. The Bertz CT molecular complexity index is 921. The van der Waals surface area contributed by atoms with Crippen molar-refractivity contribution in [2.75, 3.05) is 11.1 Å². The van der Waals surface area contributed by atoms with Crippen LogP contribution in [0.15, 0.2) is 54.6 Å². The van der Waals surface area contributed by atoms with E-state index < -0.39 is 23.0 Å². The number of carbonyl (C=O) groups is 2. The highest BCUT2D eigenvalue weighted by Gasteiger charge is 2.42. The number of urea groups is 1. The summed E-state index contributed by atoms with van der Waals surface area (Å²) >= 11 is 1.55. The molecule has 2 aromatic rings. The van der Waals surface area contributed by atoms with E-state index in [2.05, 4.69) is 5.32 Å². The van der Waals surface area contributed by atoms with Gasteiger partial charge in [0, 0.05) is 23.6 Å². The Hall–Kier alpha value is -3.07. The van der Waals surface area contributed by atoms with E-state index in [1.54, 1.807) is 30.5 Å². The second-order valence-electron chi connectivity index (χ2n) is 7.46. The van der Waals surface area contributed by atoms with Gasteiger partial charge in [-0.15, -0.1) is 11.8 Å². The fourth-order valence-electron chi connectivity index (χ4n) is 3.34. The molecular weight excluding hydrogens is 418 g/mol. The van der Waals surface area contributed by atoms with Crippen LogP contribution in [-0.4, -0.2) is 45.1 Å². The summed E-state index contributed by atoms with van der Waals surface area (Å²) in [5.74, 6) is 0.0298. The van der Waals surface area contributed by atoms with Gasteiger partial charge in [-0.05, 0) is 44.4 Å². The number of anilines is 1. The number of nitro groups is 1. The number of benzene rings is 2. The van der Waals surface area contributed by atoms with Crippen LogP contribution in [0.5, 0.6) is 0 Å². The third-order valence-corrected chi connectivity index (χ3v) is 6.16. The maximum atomic E-state index is 13.1. The standard InChI is InChI=1S/C22H25N3O5S/c1-15(2)30-21(26)19-14-31-20(13-8-16-6-4-3-5-7-16)24(19)22(27)23-17-9-11-18(12-10-17)25(28)29/h3-7,9-12,15,19-20H,8,13-14H2,1-2H3,(H,23,27). The van der Waals surface area contributed by atoms with Crippen LogP contribution in [-0.2, 0) is 16.0 Å². The van der Waals surface area contributed by atoms with Gasteiger partial charge in [0.05, 0.1) is 16.4 Å². The first-order valence-corrected chi connectivity index (χ1v) is 11.1. The largest absolute Gasteiger partial charge is 0.461 e. The van der Waals surface area contributed by atoms with Gasteiger partial charge in [0.1, 0.15) is 6.04 Å². The van der Waals surface area contributed by atoms with E-state index >= 15 is 0 Å². The monoisotopic (exact) mass is 443 g/mol. The van der Waals surface area contributed by atoms with E-state index in [-0.39, 0.29) is 17.2 Å². The van der Waals surface area contributed by atoms with Crippen molar-refractivity contribution in [3.05, 3.63) is 70.3 Å². The van der Waals surface area contributed by atoms with E-state index in [9.17, 15) is 19.7 Å². The van der Waals surface area contributed by atoms with E-state index in [4.69, 9.17) is 4.74 Å². The lowest BCUT2D eigenvalue weighted by atomic mass is 10.1. The normalized spacial score (nSPS) is 18.1. The molecule has 9 heteroatoms. The zero-order valence-corrected chi connectivity index (χ0v) is 18.2. The number of nitrogens with zero attached hydrogens (tertiary/aromatic N) is 2. The van der Waals surface area contributed by atoms with Crippen molar-refractivity contribution in [1.29, 1.82) is 0 Å². The van der Waals surface area contributed by atoms with Gasteiger partial charge in [-0.1, -0.05) is 30.3 Å². The zero-order valence-electron chi connectivity index (χ0n) is 17.4. The Morgan fingerprint density at radius 3 is 2.48 bits per heavy atom. The molecule has 1 aliphatic rings. The molecule has 1 aliphatic heterocycles. The molecule has 2 amide bonds. The Kier molecular flexibility index (Phi) is 7.51. The molecular formula is C22H25N3O5S. The van der Waals surface area contributed by atoms with Gasteiger partial charge in [0.2, 0.25) is 0 Å². The predicted molar refractivity (Wildman–Crippen MR) is 120 cm³/mol. The van der Waals surface area contributed by atoms with Crippen LogP contribution in [0.2, 0.25) is 0 Å². The fourth-order valence-corrected chi connectivity index (χ4v) is 4.73. The Labute approximate surface area is 185 Å². The van der Waals surface area contributed by atoms with Crippen molar-refractivity contribution in [2.24, 2.45) is 0 Å². The number of rotatable bonds is 7. The number of carbonyl (C=O) groups excluding carboxylic acids is 2. The molecule has 2 aromatic carbocycles. The van der Waals surface area contributed by atoms with Gasteiger partial charge in [0.25, 0.3) is 5.69 Å². The molecule has 164 valence electrons. The van der Waals surface area contributed by atoms with Crippen LogP contribution in [0.25, 0.3) is 0 Å². The number of hydrogen-bond acceptors (Lipinski definition) is 6. The molecule has 0 aromatic heterocycles. The third-order valence-electron chi connectivity index (χ3n) is 4.80. The second-order valence-corrected chi connectivity index (χ2v) is 8.67. The van der Waals surface area contributed by atoms with E-state index in [1.165, 1.54) is 24.3 Å². The molecule has 2 unspecified atom stereocenters. The van der Waals surface area contributed by atoms with Gasteiger partial charge in [-0.3, -0.25) is 15.0 Å². The van der Waals surface area contributed by atoms with E-state index in [1.807, 2.05) is 30.3 Å². The number of non-ortho nitro benzene ring substituents is 1. The van der Waals surface area contributed by atoms with Crippen molar-refractivity contribution in [3.8, 4) is 0 Å². The maximum absolute atomic E-state index is 13.1. The number of aryl methyl sites for hydroxylation is 1. The van der Waals surface area contributed by atoms with Gasteiger partial charge >= 0.3 is 12.0 Å². The van der Waals surface area contributed by atoms with Crippen LogP contribution < -0.4 is 5.32 Å². The molecule has 0 bridgehead atoms. The molecule has 8 nitrogen and oxygen atoms in total. The summed E-state index contributed by atoms with van der Waals surface area (Å²) in [4.78, 5) is 37.6. The average molecular weight is 444 g/mol. The maximum Gasteiger partial charge on any atom is 0.330 e. The molecule has 1 saturated heterocycles. The van der Waals surface area contributed by atoms with E-state index in [0.717, 1.165) is 12.0 Å². The second kappa shape index (κ2) is 10.3. The summed E-state index contributed by atoms with van der Waals surface area (Å²) in [5, 5.41) is 13.4. The average Bonchev–Trinajstić information content (AvgIpc) is 3.17. The molecule has 0 radical (unpaired) electrons. The summed E-state index contributed by atoms with van der Waals surface area (Å²) in [6.45, 7) is 3.54. The number of nitrogens with one attached hydrogen (secondary N) is 1. The van der Waals surface area contributed by atoms with Crippen molar-refractivity contribution in [3.63, 3.8) is 0 Å². The Morgan fingerprint density at radius 1 is 1.19 bits per heavy atom. The highest BCUT2D eigenvalue weighted by Crippen LogP contribution is 2.34. The van der Waals surface area contributed by atoms with Gasteiger partial charge in [-0.25, -0.2) is 9.59 Å². The predicted octanol–water partition coefficient (Wildman–Crippen LogP) is 4.45. The molecule has 2 atom stereocenters. The Balaban J connectivity index is 1.74. The molecule has 1 heterocycles. The van der Waals surface area contributed by atoms with Crippen LogP contribution in [0, 0.1) is 10.1 Å². The van der Waals surface area contributed by atoms with E-state index in [0.29, 0.717) is 17.9 Å². The van der Waals surface area contributed by atoms with Crippen molar-refractivity contribution >= 4 is 35.1 Å². The Morgan fingerprint density at radius 2 is 1.87 bits per heavy atom. The SMILES string of the molecule is CC(C)OC(=O)C1CSC(CCc2ccccc2)N1C(=O)Nc1ccc([N+](=O)[O-])cc1. The lowest BCUT2D eigenvalue weighted by molar-refractivity contribution is -0.384. The quantitative estimate of drug-likeness (QED) is 0.385. The van der Waals surface area contributed by atoms with Gasteiger partial charge in [0.15, 0.2) is 0 Å². The van der Waals surface area contributed by atoms with Crippen LogP contribution in [0.4, 0.5) is 16.2 Å². The molecule has 0 spiro atoms. The summed E-state index contributed by atoms with van der Waals surface area (Å²) < 4.78 is 5.37. The highest BCUT2D eigenvalue weighted by molar-refractivity contribution is 8.00. The van der Waals surface area contributed by atoms with Crippen LogP contribution >= 0.6 is 11.8 Å². The van der Waals surface area contributed by atoms with Gasteiger partial charge in [-0.2, -0.15) is 0 Å². The minimum Gasteiger partial charge on any atom is -0.461 e. The number of hydrogen-bond donors (Lipinski definition) is 1. The number of thioether (sulfide) groups is 1.